The van der Waals surface area contributed by atoms with E-state index in [1.165, 1.54) is 12.1 Å². The van der Waals surface area contributed by atoms with E-state index in [0.717, 1.165) is 27.5 Å². The fourth-order valence-corrected chi connectivity index (χ4v) is 5.35. The second kappa shape index (κ2) is 7.75. The van der Waals surface area contributed by atoms with Crippen molar-refractivity contribution >= 4 is 17.7 Å². The van der Waals surface area contributed by atoms with Crippen LogP contribution in [-0.2, 0) is 0 Å². The van der Waals surface area contributed by atoms with Gasteiger partial charge in [0.25, 0.3) is 5.91 Å². The van der Waals surface area contributed by atoms with Crippen LogP contribution in [-0.4, -0.2) is 34.5 Å². The number of benzene rings is 3. The first-order valence-corrected chi connectivity index (χ1v) is 11.0. The van der Waals surface area contributed by atoms with Crippen LogP contribution in [0.5, 0.6) is 0 Å². The minimum Gasteiger partial charge on any atom is -0.308 e. The van der Waals surface area contributed by atoms with Gasteiger partial charge in [-0.25, -0.2) is 4.39 Å². The highest BCUT2D eigenvalue weighted by Crippen LogP contribution is 2.44. The van der Waals surface area contributed by atoms with Gasteiger partial charge >= 0.3 is 0 Å². The number of fused-ring (bicyclic) bond motifs is 1. The lowest BCUT2D eigenvalue weighted by Gasteiger charge is -2.17. The van der Waals surface area contributed by atoms with Crippen LogP contribution < -0.4 is 0 Å². The molecule has 2 aliphatic rings. The van der Waals surface area contributed by atoms with Crippen LogP contribution in [0.25, 0.3) is 11.1 Å². The topological polar surface area (TPSA) is 47.1 Å². The van der Waals surface area contributed by atoms with Crippen molar-refractivity contribution in [2.45, 2.75) is 28.9 Å². The molecule has 2 fully saturated rings. The zero-order valence-corrected chi connectivity index (χ0v) is 17.7. The van der Waals surface area contributed by atoms with Gasteiger partial charge in [0.05, 0.1) is 6.04 Å². The third kappa shape index (κ3) is 3.55. The minimum atomic E-state index is -0.249. The highest BCUT2D eigenvalue weighted by atomic mass is 32.2. The second-order valence-corrected chi connectivity index (χ2v) is 9.09. The second-order valence-electron chi connectivity index (χ2n) is 7.98. The monoisotopic (exact) mass is 429 g/mol. The van der Waals surface area contributed by atoms with Gasteiger partial charge in [0.1, 0.15) is 12.0 Å². The van der Waals surface area contributed by atoms with E-state index in [0.29, 0.717) is 11.5 Å². The standard InChI is InChI=1S/C25H20FN3OS/c1-16-14-28(15-27)24-23(16)29(24)25(30)18-8-6-17(7-9-18)21-4-2-3-5-22(21)31-20-12-10-19(26)11-13-20/h2-13,16,23-24H,14H2,1H3/t16?,23-,24?,29?/m1/s1. The molecule has 6 heteroatoms. The molecular weight excluding hydrogens is 409 g/mol. The smallest absolute Gasteiger partial charge is 0.255 e. The molecule has 0 spiro atoms. The summed E-state index contributed by atoms with van der Waals surface area (Å²) in [6, 6.07) is 22.3. The van der Waals surface area contributed by atoms with Gasteiger partial charge in [0.2, 0.25) is 0 Å². The summed E-state index contributed by atoms with van der Waals surface area (Å²) in [5, 5.41) is 9.28. The van der Waals surface area contributed by atoms with Crippen LogP contribution in [0.2, 0.25) is 0 Å². The Kier molecular flexibility index (Phi) is 4.91. The molecular formula is C25H20FN3OS. The summed E-state index contributed by atoms with van der Waals surface area (Å²) in [5.74, 6) is 0.0336. The molecule has 154 valence electrons. The molecule has 2 unspecified atom stereocenters. The Labute approximate surface area is 184 Å². The Morgan fingerprint density at radius 3 is 2.48 bits per heavy atom. The molecule has 3 aromatic carbocycles. The van der Waals surface area contributed by atoms with E-state index in [1.807, 2.05) is 53.4 Å². The Balaban J connectivity index is 1.36. The molecule has 3 aromatic rings. The lowest BCUT2D eigenvalue weighted by atomic mass is 10.0. The number of hydrogen-bond donors (Lipinski definition) is 0. The quantitative estimate of drug-likeness (QED) is 0.421. The van der Waals surface area contributed by atoms with E-state index in [4.69, 9.17) is 0 Å². The van der Waals surface area contributed by atoms with E-state index >= 15 is 0 Å². The number of halogens is 1. The maximum atomic E-state index is 13.2. The zero-order chi connectivity index (χ0) is 21.5. The van der Waals surface area contributed by atoms with E-state index in [2.05, 4.69) is 13.1 Å². The molecule has 0 N–H and O–H groups in total. The van der Waals surface area contributed by atoms with Gasteiger partial charge in [-0.2, -0.15) is 5.26 Å². The highest BCUT2D eigenvalue weighted by Gasteiger charge is 2.61. The molecule has 0 aliphatic carbocycles. The van der Waals surface area contributed by atoms with E-state index in [9.17, 15) is 14.4 Å². The fraction of sp³-hybridized carbons (Fsp3) is 0.200. The van der Waals surface area contributed by atoms with Gasteiger partial charge in [-0.15, -0.1) is 0 Å². The number of nitriles is 1. The number of hydrogen-bond acceptors (Lipinski definition) is 4. The summed E-state index contributed by atoms with van der Waals surface area (Å²) in [6.45, 7) is 2.80. The number of nitrogens with zero attached hydrogens (tertiary/aromatic N) is 3. The van der Waals surface area contributed by atoms with E-state index in [-0.39, 0.29) is 23.9 Å². The molecule has 31 heavy (non-hydrogen) atoms. The molecule has 5 rings (SSSR count). The summed E-state index contributed by atoms with van der Waals surface area (Å²) >= 11 is 1.58. The molecule has 4 nitrogen and oxygen atoms in total. The van der Waals surface area contributed by atoms with Crippen LogP contribution in [0.3, 0.4) is 0 Å². The van der Waals surface area contributed by atoms with Crippen molar-refractivity contribution in [1.29, 1.82) is 5.26 Å². The number of carbonyl (C=O) groups excluding carboxylic acids is 1. The van der Waals surface area contributed by atoms with E-state index < -0.39 is 0 Å². The van der Waals surface area contributed by atoms with Gasteiger partial charge in [-0.1, -0.05) is 49.0 Å². The Hall–Kier alpha value is -3.30. The number of amides is 1. The normalized spacial score (nSPS) is 21.5. The minimum absolute atomic E-state index is 0.0256. The van der Waals surface area contributed by atoms with E-state index in [1.54, 1.807) is 28.8 Å². The number of likely N-dealkylation sites (tertiary alicyclic amines) is 1. The lowest BCUT2D eigenvalue weighted by molar-refractivity contribution is 0.0816. The average molecular weight is 430 g/mol. The first-order valence-electron chi connectivity index (χ1n) is 10.2. The van der Waals surface area contributed by atoms with Crippen LogP contribution in [0.1, 0.15) is 17.3 Å². The van der Waals surface area contributed by atoms with Crippen molar-refractivity contribution in [3.8, 4) is 17.3 Å². The Bertz CT molecular complexity index is 1170. The maximum Gasteiger partial charge on any atom is 0.255 e. The summed E-state index contributed by atoms with van der Waals surface area (Å²) in [7, 11) is 0. The summed E-state index contributed by atoms with van der Waals surface area (Å²) < 4.78 is 13.2. The van der Waals surface area contributed by atoms with Crippen molar-refractivity contribution in [3.05, 3.63) is 84.2 Å². The molecule has 0 saturated carbocycles. The zero-order valence-electron chi connectivity index (χ0n) is 16.9. The molecule has 1 amide bonds. The third-order valence-corrected chi connectivity index (χ3v) is 7.03. The van der Waals surface area contributed by atoms with Crippen molar-refractivity contribution in [2.75, 3.05) is 6.54 Å². The molecule has 0 aromatic heterocycles. The molecule has 2 aliphatic heterocycles. The fourth-order valence-electron chi connectivity index (χ4n) is 4.39. The predicted octanol–water partition coefficient (Wildman–Crippen LogP) is 5.23. The molecule has 0 radical (unpaired) electrons. The van der Waals surface area contributed by atoms with Crippen LogP contribution in [0, 0.1) is 23.2 Å². The molecule has 3 atom stereocenters. The highest BCUT2D eigenvalue weighted by molar-refractivity contribution is 7.99. The van der Waals surface area contributed by atoms with Gasteiger partial charge in [-0.3, -0.25) is 9.69 Å². The van der Waals surface area contributed by atoms with Crippen LogP contribution in [0.4, 0.5) is 4.39 Å². The number of rotatable bonds is 4. The SMILES string of the molecule is CC1CN(C#N)C2[C@@H]1N2C(=O)c1ccc(-c2ccccc2Sc2ccc(F)cc2)cc1. The van der Waals surface area contributed by atoms with Crippen molar-refractivity contribution < 1.29 is 9.18 Å². The van der Waals surface area contributed by atoms with Gasteiger partial charge < -0.3 is 4.90 Å². The lowest BCUT2D eigenvalue weighted by Crippen LogP contribution is -2.30. The Morgan fingerprint density at radius 2 is 1.77 bits per heavy atom. The average Bonchev–Trinajstić information content (AvgIpc) is 3.46. The first-order chi connectivity index (χ1) is 15.1. The summed E-state index contributed by atoms with van der Waals surface area (Å²) in [6.07, 6.45) is 2.11. The summed E-state index contributed by atoms with van der Waals surface area (Å²) in [4.78, 5) is 18.5. The predicted molar refractivity (Wildman–Crippen MR) is 118 cm³/mol. The Morgan fingerprint density at radius 1 is 1.06 bits per heavy atom. The van der Waals surface area contributed by atoms with Crippen molar-refractivity contribution in [1.82, 2.24) is 9.80 Å². The van der Waals surface area contributed by atoms with Crippen LogP contribution >= 0.6 is 11.8 Å². The molecule has 2 heterocycles. The summed E-state index contributed by atoms with van der Waals surface area (Å²) in [5.41, 5.74) is 2.70. The van der Waals surface area contributed by atoms with Crippen LogP contribution in [0.15, 0.2) is 82.6 Å². The largest absolute Gasteiger partial charge is 0.308 e. The number of carbonyl (C=O) groups is 1. The van der Waals surface area contributed by atoms with Gasteiger partial charge in [0.15, 0.2) is 6.19 Å². The maximum absolute atomic E-state index is 13.2. The molecule has 2 saturated heterocycles. The molecule has 0 bridgehead atoms. The van der Waals surface area contributed by atoms with Gasteiger partial charge in [-0.05, 0) is 59.5 Å². The van der Waals surface area contributed by atoms with Gasteiger partial charge in [0, 0.05) is 21.9 Å². The van der Waals surface area contributed by atoms with Crippen molar-refractivity contribution in [3.63, 3.8) is 0 Å². The van der Waals surface area contributed by atoms with Crippen molar-refractivity contribution in [2.24, 2.45) is 5.92 Å². The first kappa shape index (κ1) is 19.7. The third-order valence-electron chi connectivity index (χ3n) is 5.94.